The Bertz CT molecular complexity index is 511. The summed E-state index contributed by atoms with van der Waals surface area (Å²) >= 11 is 0. The molecule has 1 aliphatic rings. The predicted octanol–water partition coefficient (Wildman–Crippen LogP) is 3.24. The number of nitrogens with one attached hydrogen (secondary N) is 1. The Hall–Kier alpha value is -1.53. The third kappa shape index (κ3) is 4.01. The van der Waals surface area contributed by atoms with Crippen molar-refractivity contribution in [1.29, 1.82) is 0 Å². The van der Waals surface area contributed by atoms with E-state index in [1.165, 1.54) is 13.2 Å². The smallest absolute Gasteiger partial charge is 0.416 e. The highest BCUT2D eigenvalue weighted by atomic mass is 19.4. The van der Waals surface area contributed by atoms with Gasteiger partial charge in [0.2, 0.25) is 0 Å². The standard InChI is InChI=1S/C16H21F3N2O/c1-3-4-15(21-7-5-20-6-8-21)12-9-13(16(17,18)19)11-14(10-12)22-2/h3,9-11,15,20H,1,4-8H2,2H3/t15-/m1/s1. The van der Waals surface area contributed by atoms with Gasteiger partial charge < -0.3 is 10.1 Å². The fourth-order valence-corrected chi connectivity index (χ4v) is 2.74. The number of ether oxygens (including phenoxy) is 1. The maximum atomic E-state index is 13.1. The summed E-state index contributed by atoms with van der Waals surface area (Å²) in [6.07, 6.45) is -2.03. The second-order valence-corrected chi connectivity index (χ2v) is 5.32. The van der Waals surface area contributed by atoms with Crippen molar-refractivity contribution in [3.8, 4) is 5.75 Å². The first-order valence-electron chi connectivity index (χ1n) is 7.27. The number of nitrogens with zero attached hydrogens (tertiary/aromatic N) is 1. The number of alkyl halides is 3. The normalized spacial score (nSPS) is 18.0. The Kier molecular flexibility index (Phi) is 5.47. The first-order chi connectivity index (χ1) is 10.5. The summed E-state index contributed by atoms with van der Waals surface area (Å²) in [5.74, 6) is 0.231. The van der Waals surface area contributed by atoms with Crippen LogP contribution in [0.5, 0.6) is 5.75 Å². The number of hydrogen-bond acceptors (Lipinski definition) is 3. The second kappa shape index (κ2) is 7.15. The molecule has 22 heavy (non-hydrogen) atoms. The molecule has 0 radical (unpaired) electrons. The highest BCUT2D eigenvalue weighted by Crippen LogP contribution is 2.36. The Balaban J connectivity index is 2.38. The first kappa shape index (κ1) is 16.8. The third-order valence-electron chi connectivity index (χ3n) is 3.86. The Labute approximate surface area is 128 Å². The van der Waals surface area contributed by atoms with Crippen LogP contribution in [0.15, 0.2) is 30.9 Å². The average Bonchev–Trinajstić information content (AvgIpc) is 2.52. The third-order valence-corrected chi connectivity index (χ3v) is 3.86. The minimum atomic E-state index is -4.38. The summed E-state index contributed by atoms with van der Waals surface area (Å²) in [5.41, 5.74) is -0.0560. The zero-order valence-electron chi connectivity index (χ0n) is 12.6. The molecule has 1 atom stereocenters. The number of piperazine rings is 1. The molecular weight excluding hydrogens is 293 g/mol. The summed E-state index contributed by atoms with van der Waals surface area (Å²) in [6.45, 7) is 7.02. The van der Waals surface area contributed by atoms with Crippen LogP contribution < -0.4 is 10.1 Å². The molecule has 1 fully saturated rings. The van der Waals surface area contributed by atoms with Gasteiger partial charge in [0.25, 0.3) is 0 Å². The zero-order chi connectivity index (χ0) is 16.2. The van der Waals surface area contributed by atoms with Crippen LogP contribution in [0, 0.1) is 0 Å². The highest BCUT2D eigenvalue weighted by molar-refractivity contribution is 5.38. The van der Waals surface area contributed by atoms with Gasteiger partial charge in [-0.15, -0.1) is 6.58 Å². The number of benzene rings is 1. The maximum absolute atomic E-state index is 13.1. The lowest BCUT2D eigenvalue weighted by molar-refractivity contribution is -0.137. The van der Waals surface area contributed by atoms with Crippen molar-refractivity contribution in [3.05, 3.63) is 42.0 Å². The Morgan fingerprint density at radius 3 is 2.55 bits per heavy atom. The number of halogens is 3. The number of hydrogen-bond donors (Lipinski definition) is 1. The lowest BCUT2D eigenvalue weighted by atomic mass is 9.98. The molecule has 0 aromatic heterocycles. The van der Waals surface area contributed by atoms with Crippen LogP contribution in [0.2, 0.25) is 0 Å². The van der Waals surface area contributed by atoms with Crippen LogP contribution in [-0.4, -0.2) is 38.2 Å². The molecule has 1 N–H and O–H groups in total. The molecule has 1 heterocycles. The van der Waals surface area contributed by atoms with E-state index in [0.717, 1.165) is 32.2 Å². The van der Waals surface area contributed by atoms with Crippen LogP contribution in [0.4, 0.5) is 13.2 Å². The van der Waals surface area contributed by atoms with Gasteiger partial charge in [-0.25, -0.2) is 0 Å². The molecular formula is C16H21F3N2O. The van der Waals surface area contributed by atoms with E-state index in [1.54, 1.807) is 12.1 Å². The van der Waals surface area contributed by atoms with Crippen LogP contribution in [0.3, 0.4) is 0 Å². The summed E-state index contributed by atoms with van der Waals surface area (Å²) in [4.78, 5) is 2.19. The van der Waals surface area contributed by atoms with Gasteiger partial charge >= 0.3 is 6.18 Å². The topological polar surface area (TPSA) is 24.5 Å². The average molecular weight is 314 g/mol. The molecule has 3 nitrogen and oxygen atoms in total. The fraction of sp³-hybridized carbons (Fsp3) is 0.500. The largest absolute Gasteiger partial charge is 0.497 e. The van der Waals surface area contributed by atoms with Crippen molar-refractivity contribution in [2.24, 2.45) is 0 Å². The van der Waals surface area contributed by atoms with Crippen molar-refractivity contribution >= 4 is 0 Å². The maximum Gasteiger partial charge on any atom is 0.416 e. The molecule has 0 aliphatic carbocycles. The molecule has 1 aliphatic heterocycles. The SMILES string of the molecule is C=CC[C@H](c1cc(OC)cc(C(F)(F)F)c1)N1CCNCC1. The molecule has 0 unspecified atom stereocenters. The van der Waals surface area contributed by atoms with Crippen molar-refractivity contribution < 1.29 is 17.9 Å². The lowest BCUT2D eigenvalue weighted by Gasteiger charge is -2.35. The van der Waals surface area contributed by atoms with Gasteiger partial charge in [-0.3, -0.25) is 4.90 Å². The summed E-state index contributed by atoms with van der Waals surface area (Å²) < 4.78 is 44.3. The monoisotopic (exact) mass is 314 g/mol. The molecule has 1 saturated heterocycles. The molecule has 1 aromatic carbocycles. The van der Waals surface area contributed by atoms with Gasteiger partial charge in [-0.1, -0.05) is 6.08 Å². The molecule has 122 valence electrons. The van der Waals surface area contributed by atoms with E-state index in [4.69, 9.17) is 4.74 Å². The van der Waals surface area contributed by atoms with Crippen molar-refractivity contribution in [2.75, 3.05) is 33.3 Å². The van der Waals surface area contributed by atoms with Gasteiger partial charge in [0.05, 0.1) is 12.7 Å². The van der Waals surface area contributed by atoms with Gasteiger partial charge in [-0.2, -0.15) is 13.2 Å². The van der Waals surface area contributed by atoms with E-state index in [2.05, 4.69) is 16.8 Å². The Morgan fingerprint density at radius 1 is 1.32 bits per heavy atom. The predicted molar refractivity (Wildman–Crippen MR) is 80.0 cm³/mol. The van der Waals surface area contributed by atoms with Gasteiger partial charge in [0.1, 0.15) is 5.75 Å². The van der Waals surface area contributed by atoms with Crippen LogP contribution in [0.25, 0.3) is 0 Å². The first-order valence-corrected chi connectivity index (χ1v) is 7.27. The lowest BCUT2D eigenvalue weighted by Crippen LogP contribution is -2.45. The molecule has 0 amide bonds. The van der Waals surface area contributed by atoms with Gasteiger partial charge in [-0.05, 0) is 30.2 Å². The summed E-state index contributed by atoms with van der Waals surface area (Å²) in [6, 6.07) is 3.83. The molecule has 0 saturated carbocycles. The van der Waals surface area contributed by atoms with Crippen LogP contribution in [0.1, 0.15) is 23.6 Å². The van der Waals surface area contributed by atoms with E-state index >= 15 is 0 Å². The van der Waals surface area contributed by atoms with Crippen LogP contribution >= 0.6 is 0 Å². The summed E-state index contributed by atoms with van der Waals surface area (Å²) in [5, 5.41) is 3.25. The van der Waals surface area contributed by atoms with Crippen molar-refractivity contribution in [3.63, 3.8) is 0 Å². The highest BCUT2D eigenvalue weighted by Gasteiger charge is 2.32. The molecule has 1 aromatic rings. The fourth-order valence-electron chi connectivity index (χ4n) is 2.74. The van der Waals surface area contributed by atoms with E-state index in [-0.39, 0.29) is 11.8 Å². The zero-order valence-corrected chi connectivity index (χ0v) is 12.6. The second-order valence-electron chi connectivity index (χ2n) is 5.32. The van der Waals surface area contributed by atoms with E-state index in [1.807, 2.05) is 0 Å². The van der Waals surface area contributed by atoms with Crippen LogP contribution in [-0.2, 0) is 6.18 Å². The van der Waals surface area contributed by atoms with Crippen molar-refractivity contribution in [1.82, 2.24) is 10.2 Å². The van der Waals surface area contributed by atoms with Gasteiger partial charge in [0.15, 0.2) is 0 Å². The van der Waals surface area contributed by atoms with E-state index in [9.17, 15) is 13.2 Å². The molecule has 2 rings (SSSR count). The van der Waals surface area contributed by atoms with E-state index < -0.39 is 11.7 Å². The molecule has 0 bridgehead atoms. The van der Waals surface area contributed by atoms with Crippen molar-refractivity contribution in [2.45, 2.75) is 18.6 Å². The minimum absolute atomic E-state index is 0.115. The Morgan fingerprint density at radius 2 is 2.00 bits per heavy atom. The number of methoxy groups -OCH3 is 1. The summed E-state index contributed by atoms with van der Waals surface area (Å²) in [7, 11) is 1.38. The molecule has 0 spiro atoms. The number of rotatable bonds is 5. The molecule has 6 heteroatoms. The minimum Gasteiger partial charge on any atom is -0.497 e. The quantitative estimate of drug-likeness (QED) is 0.845. The van der Waals surface area contributed by atoms with Gasteiger partial charge in [0, 0.05) is 32.2 Å². The van der Waals surface area contributed by atoms with E-state index in [0.29, 0.717) is 12.0 Å².